The standard InChI is InChI=1S/C15H22OS2/c1-6-16-11-8-7-10(2)12(9-11)13(17)14(18)15(3,4)5/h7-9,17-18H,6H2,1-5H3. The van der Waals surface area contributed by atoms with E-state index < -0.39 is 0 Å². The van der Waals surface area contributed by atoms with Crippen molar-refractivity contribution in [3.63, 3.8) is 0 Å². The van der Waals surface area contributed by atoms with E-state index in [2.05, 4.69) is 59.0 Å². The van der Waals surface area contributed by atoms with Gasteiger partial charge in [-0.2, -0.15) is 0 Å². The van der Waals surface area contributed by atoms with E-state index >= 15 is 0 Å². The van der Waals surface area contributed by atoms with E-state index in [1.165, 1.54) is 5.56 Å². The number of hydrogen-bond donors (Lipinski definition) is 2. The van der Waals surface area contributed by atoms with Gasteiger partial charge in [0.1, 0.15) is 5.75 Å². The molecule has 0 heterocycles. The van der Waals surface area contributed by atoms with E-state index in [1.807, 2.05) is 19.1 Å². The molecular weight excluding hydrogens is 260 g/mol. The molecule has 0 fully saturated rings. The molecule has 0 aliphatic heterocycles. The van der Waals surface area contributed by atoms with E-state index in [1.54, 1.807) is 0 Å². The van der Waals surface area contributed by atoms with Crippen LogP contribution in [-0.2, 0) is 0 Å². The Morgan fingerprint density at radius 1 is 1.22 bits per heavy atom. The fraction of sp³-hybridized carbons (Fsp3) is 0.467. The molecule has 1 rings (SSSR count). The summed E-state index contributed by atoms with van der Waals surface area (Å²) >= 11 is 9.25. The van der Waals surface area contributed by atoms with E-state index in [-0.39, 0.29) is 5.41 Å². The summed E-state index contributed by atoms with van der Waals surface area (Å²) < 4.78 is 5.54. The van der Waals surface area contributed by atoms with Crippen LogP contribution in [0.4, 0.5) is 0 Å². The van der Waals surface area contributed by atoms with Gasteiger partial charge >= 0.3 is 0 Å². The van der Waals surface area contributed by atoms with Gasteiger partial charge in [0.25, 0.3) is 0 Å². The van der Waals surface area contributed by atoms with Crippen molar-refractivity contribution in [1.29, 1.82) is 0 Å². The van der Waals surface area contributed by atoms with Crippen molar-refractivity contribution in [2.75, 3.05) is 6.61 Å². The number of ether oxygens (including phenoxy) is 1. The lowest BCUT2D eigenvalue weighted by atomic mass is 9.93. The Balaban J connectivity index is 3.28. The molecule has 0 saturated heterocycles. The lowest BCUT2D eigenvalue weighted by molar-refractivity contribution is 0.340. The van der Waals surface area contributed by atoms with Crippen LogP contribution in [0.5, 0.6) is 5.75 Å². The molecular formula is C15H22OS2. The van der Waals surface area contributed by atoms with Gasteiger partial charge in [-0.05, 0) is 42.5 Å². The maximum Gasteiger partial charge on any atom is 0.119 e. The zero-order chi connectivity index (χ0) is 13.9. The molecule has 100 valence electrons. The molecule has 0 spiro atoms. The molecule has 0 radical (unpaired) electrons. The van der Waals surface area contributed by atoms with Crippen LogP contribution in [-0.4, -0.2) is 6.61 Å². The van der Waals surface area contributed by atoms with Crippen molar-refractivity contribution < 1.29 is 4.74 Å². The SMILES string of the molecule is CCOc1ccc(C)c(C(S)=C(S)C(C)(C)C)c1. The van der Waals surface area contributed by atoms with Gasteiger partial charge in [-0.1, -0.05) is 26.8 Å². The summed E-state index contributed by atoms with van der Waals surface area (Å²) in [7, 11) is 0. The summed E-state index contributed by atoms with van der Waals surface area (Å²) in [4.78, 5) is 1.91. The summed E-state index contributed by atoms with van der Waals surface area (Å²) in [5.74, 6) is 0.875. The van der Waals surface area contributed by atoms with Crippen molar-refractivity contribution in [2.45, 2.75) is 34.6 Å². The maximum absolute atomic E-state index is 5.54. The molecule has 1 aromatic carbocycles. The van der Waals surface area contributed by atoms with Crippen LogP contribution in [0.15, 0.2) is 23.1 Å². The minimum Gasteiger partial charge on any atom is -0.494 e. The van der Waals surface area contributed by atoms with Crippen molar-refractivity contribution >= 4 is 30.2 Å². The second kappa shape index (κ2) is 6.07. The molecule has 0 saturated carbocycles. The second-order valence-electron chi connectivity index (χ2n) is 5.36. The summed E-state index contributed by atoms with van der Waals surface area (Å²) in [6.45, 7) is 11.1. The van der Waals surface area contributed by atoms with Crippen LogP contribution in [0.1, 0.15) is 38.8 Å². The predicted octanol–water partition coefficient (Wildman–Crippen LogP) is 4.97. The molecule has 1 nitrogen and oxygen atoms in total. The van der Waals surface area contributed by atoms with Crippen molar-refractivity contribution in [1.82, 2.24) is 0 Å². The Labute approximate surface area is 121 Å². The fourth-order valence-corrected chi connectivity index (χ4v) is 2.29. The largest absolute Gasteiger partial charge is 0.494 e. The highest BCUT2D eigenvalue weighted by molar-refractivity contribution is 7.93. The Bertz CT molecular complexity index is 456. The number of benzene rings is 1. The zero-order valence-corrected chi connectivity index (χ0v) is 13.5. The van der Waals surface area contributed by atoms with Crippen LogP contribution in [0.25, 0.3) is 4.91 Å². The van der Waals surface area contributed by atoms with Gasteiger partial charge in [-0.25, -0.2) is 0 Å². The number of thiol groups is 2. The number of allylic oxidation sites excluding steroid dienone is 1. The second-order valence-corrected chi connectivity index (χ2v) is 6.25. The van der Waals surface area contributed by atoms with Gasteiger partial charge in [0.15, 0.2) is 0 Å². The highest BCUT2D eigenvalue weighted by atomic mass is 32.1. The first-order chi connectivity index (χ1) is 8.27. The van der Waals surface area contributed by atoms with Crippen LogP contribution in [0, 0.1) is 12.3 Å². The highest BCUT2D eigenvalue weighted by Crippen LogP contribution is 2.38. The quantitative estimate of drug-likeness (QED) is 0.744. The normalized spacial score (nSPS) is 13.3. The zero-order valence-electron chi connectivity index (χ0n) is 11.7. The molecule has 0 aliphatic rings. The van der Waals surface area contributed by atoms with Crippen molar-refractivity contribution in [3.05, 3.63) is 34.2 Å². The molecule has 0 N–H and O–H groups in total. The first-order valence-electron chi connectivity index (χ1n) is 6.14. The maximum atomic E-state index is 5.54. The molecule has 3 heteroatoms. The molecule has 0 aliphatic carbocycles. The first kappa shape index (κ1) is 15.5. The minimum absolute atomic E-state index is 0.00570. The lowest BCUT2D eigenvalue weighted by Crippen LogP contribution is -2.06. The first-order valence-corrected chi connectivity index (χ1v) is 7.03. The third-order valence-electron chi connectivity index (χ3n) is 2.71. The van der Waals surface area contributed by atoms with E-state index in [9.17, 15) is 0 Å². The molecule has 0 aromatic heterocycles. The van der Waals surface area contributed by atoms with Crippen LogP contribution in [0.2, 0.25) is 0 Å². The summed E-state index contributed by atoms with van der Waals surface area (Å²) in [6.07, 6.45) is 0. The van der Waals surface area contributed by atoms with Crippen molar-refractivity contribution in [2.24, 2.45) is 5.41 Å². The van der Waals surface area contributed by atoms with Gasteiger partial charge in [0.05, 0.1) is 6.61 Å². The number of hydrogen-bond acceptors (Lipinski definition) is 3. The Morgan fingerprint density at radius 2 is 1.83 bits per heavy atom. The van der Waals surface area contributed by atoms with E-state index in [0.29, 0.717) is 6.61 Å². The third kappa shape index (κ3) is 3.72. The van der Waals surface area contributed by atoms with Crippen LogP contribution in [0.3, 0.4) is 0 Å². The van der Waals surface area contributed by atoms with Crippen molar-refractivity contribution in [3.8, 4) is 5.75 Å². The molecule has 0 amide bonds. The number of aryl methyl sites for hydroxylation is 1. The van der Waals surface area contributed by atoms with Gasteiger partial charge in [-0.15, -0.1) is 25.3 Å². The Hall–Kier alpha value is -0.540. The molecule has 1 aromatic rings. The Morgan fingerprint density at radius 3 is 2.33 bits per heavy atom. The van der Waals surface area contributed by atoms with E-state index in [4.69, 9.17) is 4.74 Å². The monoisotopic (exact) mass is 282 g/mol. The lowest BCUT2D eigenvalue weighted by Gasteiger charge is -2.22. The molecule has 0 atom stereocenters. The minimum atomic E-state index is -0.00570. The van der Waals surface area contributed by atoms with Gasteiger partial charge in [-0.3, -0.25) is 0 Å². The topological polar surface area (TPSA) is 9.23 Å². The van der Waals surface area contributed by atoms with Gasteiger partial charge in [0.2, 0.25) is 0 Å². The average molecular weight is 282 g/mol. The molecule has 18 heavy (non-hydrogen) atoms. The van der Waals surface area contributed by atoms with Crippen LogP contribution < -0.4 is 4.74 Å². The fourth-order valence-electron chi connectivity index (χ4n) is 1.60. The molecule has 0 unspecified atom stereocenters. The molecule has 0 bridgehead atoms. The summed E-state index contributed by atoms with van der Waals surface area (Å²) in [5.41, 5.74) is 2.26. The average Bonchev–Trinajstić information content (AvgIpc) is 2.29. The van der Waals surface area contributed by atoms with Gasteiger partial charge < -0.3 is 4.74 Å². The van der Waals surface area contributed by atoms with Gasteiger partial charge in [0, 0.05) is 9.81 Å². The third-order valence-corrected chi connectivity index (χ3v) is 4.25. The number of rotatable bonds is 3. The predicted molar refractivity (Wildman–Crippen MR) is 86.7 cm³/mol. The van der Waals surface area contributed by atoms with E-state index in [0.717, 1.165) is 21.1 Å². The smallest absolute Gasteiger partial charge is 0.119 e. The highest BCUT2D eigenvalue weighted by Gasteiger charge is 2.18. The van der Waals surface area contributed by atoms with Crippen LogP contribution >= 0.6 is 25.3 Å². The summed E-state index contributed by atoms with van der Waals surface area (Å²) in [6, 6.07) is 6.07. The summed E-state index contributed by atoms with van der Waals surface area (Å²) in [5, 5.41) is 0. The Kier molecular flexibility index (Phi) is 5.23.